The van der Waals surface area contributed by atoms with Crippen LogP contribution >= 0.6 is 0 Å². The van der Waals surface area contributed by atoms with E-state index in [0.29, 0.717) is 29.7 Å². The van der Waals surface area contributed by atoms with Gasteiger partial charge in [-0.1, -0.05) is 6.07 Å². The summed E-state index contributed by atoms with van der Waals surface area (Å²) in [5.41, 5.74) is 3.76. The third-order valence-corrected chi connectivity index (χ3v) is 6.14. The van der Waals surface area contributed by atoms with E-state index in [1.165, 1.54) is 11.9 Å². The number of carbonyl (C=O) groups is 2. The molecule has 0 bridgehead atoms. The van der Waals surface area contributed by atoms with E-state index >= 15 is 0 Å². The molecule has 8 heteroatoms. The summed E-state index contributed by atoms with van der Waals surface area (Å²) >= 11 is 0. The SMILES string of the molecule is Cc1ccc(N2CC(C(=O)Nc3ccc(Oc4cc(-n5cccc5)ncn4)cc3)CC2=O)cc1C. The second-order valence-electron chi connectivity index (χ2n) is 8.59. The minimum absolute atomic E-state index is 0.0405. The minimum atomic E-state index is -0.409. The largest absolute Gasteiger partial charge is 0.439 e. The average Bonchev–Trinajstić information content (AvgIpc) is 3.53. The van der Waals surface area contributed by atoms with Gasteiger partial charge in [0.05, 0.1) is 5.92 Å². The highest BCUT2D eigenvalue weighted by Gasteiger charge is 2.35. The van der Waals surface area contributed by atoms with E-state index < -0.39 is 5.92 Å². The smallest absolute Gasteiger partial charge is 0.229 e. The van der Waals surface area contributed by atoms with Crippen molar-refractivity contribution >= 4 is 23.2 Å². The Morgan fingerprint density at radius 2 is 1.77 bits per heavy atom. The molecule has 8 nitrogen and oxygen atoms in total. The molecule has 2 aromatic heterocycles. The van der Waals surface area contributed by atoms with E-state index in [1.54, 1.807) is 35.2 Å². The number of amides is 2. The van der Waals surface area contributed by atoms with E-state index in [9.17, 15) is 9.59 Å². The first-order valence-corrected chi connectivity index (χ1v) is 11.4. The Morgan fingerprint density at radius 1 is 1.00 bits per heavy atom. The molecule has 0 radical (unpaired) electrons. The lowest BCUT2D eigenvalue weighted by Gasteiger charge is -2.18. The molecule has 5 rings (SSSR count). The molecule has 0 spiro atoms. The highest BCUT2D eigenvalue weighted by Crippen LogP contribution is 2.28. The van der Waals surface area contributed by atoms with Crippen LogP contribution < -0.4 is 15.0 Å². The molecule has 1 atom stereocenters. The molecular weight excluding hydrogens is 442 g/mol. The van der Waals surface area contributed by atoms with Crippen molar-refractivity contribution in [2.75, 3.05) is 16.8 Å². The first-order valence-electron chi connectivity index (χ1n) is 11.4. The van der Waals surface area contributed by atoms with Gasteiger partial charge in [0, 0.05) is 42.8 Å². The van der Waals surface area contributed by atoms with Crippen molar-refractivity contribution in [3.63, 3.8) is 0 Å². The van der Waals surface area contributed by atoms with Crippen LogP contribution in [0.2, 0.25) is 0 Å². The molecule has 0 aliphatic carbocycles. The van der Waals surface area contributed by atoms with Crippen LogP contribution in [0.3, 0.4) is 0 Å². The minimum Gasteiger partial charge on any atom is -0.439 e. The van der Waals surface area contributed by atoms with Crippen molar-refractivity contribution in [1.82, 2.24) is 14.5 Å². The monoisotopic (exact) mass is 467 g/mol. The topological polar surface area (TPSA) is 89.3 Å². The molecule has 1 aliphatic heterocycles. The third-order valence-electron chi connectivity index (χ3n) is 6.14. The maximum absolute atomic E-state index is 12.8. The lowest BCUT2D eigenvalue weighted by molar-refractivity contribution is -0.122. The van der Waals surface area contributed by atoms with Crippen molar-refractivity contribution < 1.29 is 14.3 Å². The normalized spacial score (nSPS) is 15.3. The first-order chi connectivity index (χ1) is 17.0. The van der Waals surface area contributed by atoms with Crippen LogP contribution in [0.4, 0.5) is 11.4 Å². The van der Waals surface area contributed by atoms with Crippen molar-refractivity contribution in [1.29, 1.82) is 0 Å². The highest BCUT2D eigenvalue weighted by atomic mass is 16.5. The summed E-state index contributed by atoms with van der Waals surface area (Å²) in [6, 6.07) is 18.5. The van der Waals surface area contributed by atoms with Gasteiger partial charge < -0.3 is 19.5 Å². The van der Waals surface area contributed by atoms with Crippen LogP contribution in [0.1, 0.15) is 17.5 Å². The van der Waals surface area contributed by atoms with E-state index in [2.05, 4.69) is 15.3 Å². The maximum Gasteiger partial charge on any atom is 0.229 e. The Morgan fingerprint density at radius 3 is 2.51 bits per heavy atom. The molecule has 35 heavy (non-hydrogen) atoms. The second kappa shape index (κ2) is 9.42. The summed E-state index contributed by atoms with van der Waals surface area (Å²) in [5, 5.41) is 2.91. The van der Waals surface area contributed by atoms with Crippen LogP contribution in [-0.4, -0.2) is 32.9 Å². The summed E-state index contributed by atoms with van der Waals surface area (Å²) < 4.78 is 7.71. The molecule has 1 aliphatic rings. The number of anilines is 2. The van der Waals surface area contributed by atoms with Crippen LogP contribution in [0.5, 0.6) is 11.6 Å². The highest BCUT2D eigenvalue weighted by molar-refractivity contribution is 6.03. The molecule has 0 saturated carbocycles. The van der Waals surface area contributed by atoms with Crippen LogP contribution in [-0.2, 0) is 9.59 Å². The van der Waals surface area contributed by atoms with Gasteiger partial charge in [-0.2, -0.15) is 0 Å². The van der Waals surface area contributed by atoms with Crippen LogP contribution in [0, 0.1) is 19.8 Å². The van der Waals surface area contributed by atoms with Crippen molar-refractivity contribution in [2.24, 2.45) is 5.92 Å². The van der Waals surface area contributed by atoms with E-state index in [-0.39, 0.29) is 18.2 Å². The Kier molecular flexibility index (Phi) is 6.01. The summed E-state index contributed by atoms with van der Waals surface area (Å²) in [4.78, 5) is 35.5. The molecule has 2 amide bonds. The summed E-state index contributed by atoms with van der Waals surface area (Å²) in [6.07, 6.45) is 5.42. The molecule has 176 valence electrons. The number of benzene rings is 2. The van der Waals surface area contributed by atoms with Gasteiger partial charge in [-0.05, 0) is 73.5 Å². The zero-order chi connectivity index (χ0) is 24.4. The fourth-order valence-electron chi connectivity index (χ4n) is 4.01. The maximum atomic E-state index is 12.8. The van der Waals surface area contributed by atoms with Crippen molar-refractivity contribution in [2.45, 2.75) is 20.3 Å². The molecule has 4 aromatic rings. The van der Waals surface area contributed by atoms with Gasteiger partial charge >= 0.3 is 0 Å². The molecule has 1 fully saturated rings. The van der Waals surface area contributed by atoms with Gasteiger partial charge in [-0.3, -0.25) is 9.59 Å². The van der Waals surface area contributed by atoms with Gasteiger partial charge in [0.1, 0.15) is 17.9 Å². The molecule has 1 N–H and O–H groups in total. The number of aryl methyl sites for hydroxylation is 2. The van der Waals surface area contributed by atoms with Gasteiger partial charge in [0.25, 0.3) is 0 Å². The summed E-state index contributed by atoms with van der Waals surface area (Å²) in [7, 11) is 0. The van der Waals surface area contributed by atoms with Crippen molar-refractivity contribution in [3.05, 3.63) is 90.5 Å². The van der Waals surface area contributed by atoms with E-state index in [0.717, 1.165) is 11.3 Å². The standard InChI is InChI=1S/C27H25N5O3/c1-18-5-8-22(13-19(18)2)32-16-20(14-26(32)33)27(34)30-21-6-9-23(10-7-21)35-25-15-24(28-17-29-25)31-11-3-4-12-31/h3-13,15,17,20H,14,16H2,1-2H3,(H,30,34). The number of hydrogen-bond acceptors (Lipinski definition) is 5. The third kappa shape index (κ3) is 4.91. The van der Waals surface area contributed by atoms with E-state index in [4.69, 9.17) is 4.74 Å². The Labute approximate surface area is 203 Å². The van der Waals surface area contributed by atoms with Crippen LogP contribution in [0.15, 0.2) is 79.4 Å². The first kappa shape index (κ1) is 22.3. The van der Waals surface area contributed by atoms with Crippen molar-refractivity contribution in [3.8, 4) is 17.4 Å². The number of aromatic nitrogens is 3. The molecule has 3 heterocycles. The number of carbonyl (C=O) groups excluding carboxylic acids is 2. The van der Waals surface area contributed by atoms with Gasteiger partial charge in [-0.15, -0.1) is 0 Å². The molecular formula is C27H25N5O3. The number of nitrogens with zero attached hydrogens (tertiary/aromatic N) is 4. The lowest BCUT2D eigenvalue weighted by Crippen LogP contribution is -2.28. The number of rotatable bonds is 6. The quantitative estimate of drug-likeness (QED) is 0.445. The predicted molar refractivity (Wildman–Crippen MR) is 133 cm³/mol. The van der Waals surface area contributed by atoms with E-state index in [1.807, 2.05) is 61.1 Å². The van der Waals surface area contributed by atoms with Crippen LogP contribution in [0.25, 0.3) is 5.82 Å². The van der Waals surface area contributed by atoms with Gasteiger partial charge in [0.2, 0.25) is 17.7 Å². The van der Waals surface area contributed by atoms with Gasteiger partial charge in [0.15, 0.2) is 0 Å². The summed E-state index contributed by atoms with van der Waals surface area (Å²) in [5.74, 6) is 1.07. The Hall–Kier alpha value is -4.46. The Balaban J connectivity index is 1.20. The summed E-state index contributed by atoms with van der Waals surface area (Å²) in [6.45, 7) is 4.42. The molecule has 1 unspecified atom stereocenters. The number of ether oxygens (including phenoxy) is 1. The zero-order valence-corrected chi connectivity index (χ0v) is 19.5. The predicted octanol–water partition coefficient (Wildman–Crippen LogP) is 4.67. The Bertz CT molecular complexity index is 1370. The fraction of sp³-hybridized carbons (Fsp3) is 0.185. The lowest BCUT2D eigenvalue weighted by atomic mass is 10.1. The van der Waals surface area contributed by atoms with Gasteiger partial charge in [-0.25, -0.2) is 9.97 Å². The molecule has 1 saturated heterocycles. The second-order valence-corrected chi connectivity index (χ2v) is 8.59. The number of nitrogens with one attached hydrogen (secondary N) is 1. The molecule has 2 aromatic carbocycles. The average molecular weight is 468 g/mol. The fourth-order valence-corrected chi connectivity index (χ4v) is 4.01. The number of hydrogen-bond donors (Lipinski definition) is 1. The zero-order valence-electron chi connectivity index (χ0n) is 19.5.